The number of benzene rings is 2. The molecule has 2 aromatic carbocycles. The van der Waals surface area contributed by atoms with Gasteiger partial charge in [0.2, 0.25) is 5.91 Å². The van der Waals surface area contributed by atoms with E-state index in [-0.39, 0.29) is 18.3 Å². The van der Waals surface area contributed by atoms with Crippen molar-refractivity contribution < 1.29 is 18.8 Å². The van der Waals surface area contributed by atoms with E-state index in [1.165, 1.54) is 30.4 Å². The summed E-state index contributed by atoms with van der Waals surface area (Å²) in [5.41, 5.74) is 2.62. The number of hydrogen-bond acceptors (Lipinski definition) is 5. The number of thiazole rings is 1. The number of carbonyl (C=O) groups is 3. The Kier molecular flexibility index (Phi) is 6.87. The number of rotatable bonds is 6. The van der Waals surface area contributed by atoms with Gasteiger partial charge < -0.3 is 16.0 Å². The molecule has 0 bridgehead atoms. The number of carbonyl (C=O) groups excluding carboxylic acids is 3. The number of anilines is 2. The summed E-state index contributed by atoms with van der Waals surface area (Å²) in [6.45, 7) is 1.65. The van der Waals surface area contributed by atoms with Crippen LogP contribution in [-0.4, -0.2) is 29.3 Å². The van der Waals surface area contributed by atoms with E-state index in [9.17, 15) is 18.8 Å². The molecule has 0 saturated carbocycles. The Morgan fingerprint density at radius 1 is 0.933 bits per heavy atom. The average Bonchev–Trinajstić information content (AvgIpc) is 3.18. The lowest BCUT2D eigenvalue weighted by Crippen LogP contribution is -2.36. The van der Waals surface area contributed by atoms with Gasteiger partial charge >= 0.3 is 11.8 Å². The predicted molar refractivity (Wildman–Crippen MR) is 114 cm³/mol. The average molecular weight is 426 g/mol. The quantitative estimate of drug-likeness (QED) is 0.527. The highest BCUT2D eigenvalue weighted by atomic mass is 32.1. The van der Waals surface area contributed by atoms with Crippen LogP contribution in [0.1, 0.15) is 12.6 Å². The van der Waals surface area contributed by atoms with Crippen molar-refractivity contribution in [1.29, 1.82) is 0 Å². The van der Waals surface area contributed by atoms with Crippen molar-refractivity contribution in [3.63, 3.8) is 0 Å². The second-order valence-corrected chi connectivity index (χ2v) is 7.23. The Labute approximate surface area is 176 Å². The summed E-state index contributed by atoms with van der Waals surface area (Å²) in [6, 6.07) is 12.5. The van der Waals surface area contributed by atoms with E-state index < -0.39 is 11.8 Å². The van der Waals surface area contributed by atoms with Crippen LogP contribution in [0.2, 0.25) is 0 Å². The van der Waals surface area contributed by atoms with E-state index in [0.717, 1.165) is 16.3 Å². The summed E-state index contributed by atoms with van der Waals surface area (Å²) in [6.07, 6.45) is 0.460. The second-order valence-electron chi connectivity index (χ2n) is 6.37. The van der Waals surface area contributed by atoms with E-state index in [2.05, 4.69) is 20.9 Å². The van der Waals surface area contributed by atoms with Gasteiger partial charge in [0.1, 0.15) is 10.8 Å². The van der Waals surface area contributed by atoms with Crippen LogP contribution in [0.3, 0.4) is 0 Å². The molecule has 0 saturated heterocycles. The van der Waals surface area contributed by atoms with Gasteiger partial charge in [-0.05, 0) is 48.5 Å². The third-order valence-corrected chi connectivity index (χ3v) is 4.92. The molecule has 0 aliphatic carbocycles. The zero-order valence-electron chi connectivity index (χ0n) is 16.1. The van der Waals surface area contributed by atoms with Crippen LogP contribution in [0.25, 0.3) is 10.6 Å². The van der Waals surface area contributed by atoms with Crippen molar-refractivity contribution in [1.82, 2.24) is 10.3 Å². The highest BCUT2D eigenvalue weighted by Crippen LogP contribution is 2.24. The van der Waals surface area contributed by atoms with Crippen molar-refractivity contribution in [2.75, 3.05) is 17.2 Å². The number of nitrogens with one attached hydrogen (secondary N) is 3. The standard InChI is InChI=1S/C21H19FN4O3S/c1-13(27)24-16-6-8-17(9-7-16)25-20(29)19(28)23-11-10-18-12-30-21(26-18)14-2-4-15(22)5-3-14/h2-9,12H,10-11H2,1H3,(H,23,28)(H,24,27)(H,25,29). The Balaban J connectivity index is 1.45. The van der Waals surface area contributed by atoms with E-state index in [1.807, 2.05) is 5.38 Å². The first-order valence-corrected chi connectivity index (χ1v) is 9.96. The minimum atomic E-state index is -0.785. The topological polar surface area (TPSA) is 100 Å². The van der Waals surface area contributed by atoms with Crippen LogP contribution in [0.15, 0.2) is 53.9 Å². The van der Waals surface area contributed by atoms with Crippen LogP contribution in [-0.2, 0) is 20.8 Å². The monoisotopic (exact) mass is 426 g/mol. The minimum Gasteiger partial charge on any atom is -0.347 e. The molecule has 0 aliphatic heterocycles. The fourth-order valence-corrected chi connectivity index (χ4v) is 3.42. The lowest BCUT2D eigenvalue weighted by atomic mass is 10.2. The summed E-state index contributed by atoms with van der Waals surface area (Å²) in [7, 11) is 0. The summed E-state index contributed by atoms with van der Waals surface area (Å²) in [5.74, 6) is -2.04. The summed E-state index contributed by atoms with van der Waals surface area (Å²) in [5, 5.41) is 10.3. The molecule has 30 heavy (non-hydrogen) atoms. The molecule has 3 amide bonds. The Morgan fingerprint density at radius 3 is 2.20 bits per heavy atom. The molecule has 1 heterocycles. The SMILES string of the molecule is CC(=O)Nc1ccc(NC(=O)C(=O)NCCc2csc(-c3ccc(F)cc3)n2)cc1. The van der Waals surface area contributed by atoms with Gasteiger partial charge in [-0.2, -0.15) is 0 Å². The third kappa shape index (κ3) is 5.95. The normalized spacial score (nSPS) is 10.3. The van der Waals surface area contributed by atoms with Crippen LogP contribution >= 0.6 is 11.3 Å². The van der Waals surface area contributed by atoms with Gasteiger partial charge in [0.05, 0.1) is 5.69 Å². The second kappa shape index (κ2) is 9.75. The van der Waals surface area contributed by atoms with Crippen LogP contribution < -0.4 is 16.0 Å². The van der Waals surface area contributed by atoms with Gasteiger partial charge in [-0.1, -0.05) is 0 Å². The molecule has 154 valence electrons. The molecule has 3 rings (SSSR count). The van der Waals surface area contributed by atoms with Crippen LogP contribution in [0, 0.1) is 5.82 Å². The maximum Gasteiger partial charge on any atom is 0.313 e. The summed E-state index contributed by atoms with van der Waals surface area (Å²) in [4.78, 5) is 39.4. The number of amides is 3. The largest absolute Gasteiger partial charge is 0.347 e. The number of aromatic nitrogens is 1. The van der Waals surface area contributed by atoms with Crippen molar-refractivity contribution in [2.24, 2.45) is 0 Å². The molecule has 0 unspecified atom stereocenters. The zero-order valence-corrected chi connectivity index (χ0v) is 16.9. The molecule has 1 aromatic heterocycles. The number of halogens is 1. The first-order chi connectivity index (χ1) is 14.4. The first-order valence-electron chi connectivity index (χ1n) is 9.08. The molecule has 0 spiro atoms. The van der Waals surface area contributed by atoms with Gasteiger partial charge in [0.25, 0.3) is 0 Å². The van der Waals surface area contributed by atoms with Gasteiger partial charge in [-0.25, -0.2) is 9.37 Å². The highest BCUT2D eigenvalue weighted by Gasteiger charge is 2.13. The van der Waals surface area contributed by atoms with Crippen molar-refractivity contribution in [2.45, 2.75) is 13.3 Å². The smallest absolute Gasteiger partial charge is 0.313 e. The molecule has 0 fully saturated rings. The summed E-state index contributed by atoms with van der Waals surface area (Å²) >= 11 is 1.43. The van der Waals surface area contributed by atoms with Crippen LogP contribution in [0.5, 0.6) is 0 Å². The molecule has 0 aliphatic rings. The Hall–Kier alpha value is -3.59. The van der Waals surface area contributed by atoms with Gasteiger partial charge in [-0.3, -0.25) is 14.4 Å². The number of nitrogens with zero attached hydrogens (tertiary/aromatic N) is 1. The van der Waals surface area contributed by atoms with Crippen molar-refractivity contribution in [3.8, 4) is 10.6 Å². The van der Waals surface area contributed by atoms with E-state index in [0.29, 0.717) is 17.8 Å². The molecular formula is C21H19FN4O3S. The fourth-order valence-electron chi connectivity index (χ4n) is 2.56. The zero-order chi connectivity index (χ0) is 21.5. The summed E-state index contributed by atoms with van der Waals surface area (Å²) < 4.78 is 13.0. The molecule has 0 radical (unpaired) electrons. The predicted octanol–water partition coefficient (Wildman–Crippen LogP) is 3.21. The molecule has 3 N–H and O–H groups in total. The molecule has 0 atom stereocenters. The van der Waals surface area contributed by atoms with E-state index in [1.54, 1.807) is 36.4 Å². The van der Waals surface area contributed by atoms with Crippen molar-refractivity contribution >= 4 is 40.4 Å². The fraction of sp³-hybridized carbons (Fsp3) is 0.143. The minimum absolute atomic E-state index is 0.198. The third-order valence-electron chi connectivity index (χ3n) is 3.98. The first kappa shape index (κ1) is 21.1. The lowest BCUT2D eigenvalue weighted by molar-refractivity contribution is -0.136. The molecule has 7 nitrogen and oxygen atoms in total. The highest BCUT2D eigenvalue weighted by molar-refractivity contribution is 7.13. The van der Waals surface area contributed by atoms with Crippen LogP contribution in [0.4, 0.5) is 15.8 Å². The van der Waals surface area contributed by atoms with Gasteiger partial charge in [0, 0.05) is 42.2 Å². The molecule has 9 heteroatoms. The van der Waals surface area contributed by atoms with E-state index >= 15 is 0 Å². The Morgan fingerprint density at radius 2 is 1.57 bits per heavy atom. The number of hydrogen-bond donors (Lipinski definition) is 3. The van der Waals surface area contributed by atoms with Crippen molar-refractivity contribution in [3.05, 3.63) is 65.4 Å². The maximum atomic E-state index is 13.0. The lowest BCUT2D eigenvalue weighted by Gasteiger charge is -2.07. The van der Waals surface area contributed by atoms with E-state index in [4.69, 9.17) is 0 Å². The van der Waals surface area contributed by atoms with Gasteiger partial charge in [0.15, 0.2) is 0 Å². The molecular weight excluding hydrogens is 407 g/mol. The van der Waals surface area contributed by atoms with Gasteiger partial charge in [-0.15, -0.1) is 11.3 Å². The molecule has 3 aromatic rings. The maximum absolute atomic E-state index is 13.0. The Bertz CT molecular complexity index is 1050.